The molecule has 0 aliphatic heterocycles. The van der Waals surface area contributed by atoms with Crippen LogP contribution in [-0.4, -0.2) is 34.2 Å². The number of hydrazone groups is 1. The Morgan fingerprint density at radius 2 is 2.00 bits per heavy atom. The molecule has 0 radical (unpaired) electrons. The number of furan rings is 1. The molecule has 0 bridgehead atoms. The van der Waals surface area contributed by atoms with Crippen LogP contribution in [0.15, 0.2) is 70.2 Å². The minimum Gasteiger partial charge on any atom is -0.497 e. The van der Waals surface area contributed by atoms with Gasteiger partial charge in [0.15, 0.2) is 5.76 Å². The zero-order valence-electron chi connectivity index (χ0n) is 16.2. The van der Waals surface area contributed by atoms with Gasteiger partial charge in [-0.1, -0.05) is 29.5 Å². The number of hydrogen-bond donors (Lipinski definition) is 1. The number of benzene rings is 2. The molecule has 0 aliphatic carbocycles. The lowest BCUT2D eigenvalue weighted by Gasteiger charge is -2.04. The highest BCUT2D eigenvalue weighted by Gasteiger charge is 2.08. The number of methoxy groups -OCH3 is 1. The maximum atomic E-state index is 12.1. The lowest BCUT2D eigenvalue weighted by Crippen LogP contribution is -2.23. The van der Waals surface area contributed by atoms with Crippen LogP contribution in [-0.2, 0) is 17.9 Å². The predicted octanol–water partition coefficient (Wildman–Crippen LogP) is 2.76. The highest BCUT2D eigenvalue weighted by Crippen LogP contribution is 2.17. The zero-order valence-corrected chi connectivity index (χ0v) is 16.2. The molecule has 2 aromatic heterocycles. The summed E-state index contributed by atoms with van der Waals surface area (Å²) >= 11 is 0. The summed E-state index contributed by atoms with van der Waals surface area (Å²) in [6.45, 7) is 0.364. The van der Waals surface area contributed by atoms with Crippen molar-refractivity contribution >= 4 is 23.2 Å². The van der Waals surface area contributed by atoms with E-state index in [0.29, 0.717) is 18.3 Å². The Hall–Kier alpha value is -4.14. The number of ether oxygens (including phenoxy) is 2. The van der Waals surface area contributed by atoms with E-state index in [1.54, 1.807) is 19.2 Å². The van der Waals surface area contributed by atoms with Crippen molar-refractivity contribution in [3.63, 3.8) is 0 Å². The summed E-state index contributed by atoms with van der Waals surface area (Å²) in [6.07, 6.45) is 1.40. The van der Waals surface area contributed by atoms with Crippen LogP contribution in [0.4, 0.5) is 0 Å². The van der Waals surface area contributed by atoms with E-state index in [-0.39, 0.29) is 12.5 Å². The SMILES string of the molecule is COc1ccc(COc2ccc(/C=N/NC(=O)Cn3nnc4ccccc43)o2)cc1. The molecule has 0 spiro atoms. The molecule has 0 fully saturated rings. The average Bonchev–Trinajstić information content (AvgIpc) is 3.40. The minimum atomic E-state index is -0.329. The van der Waals surface area contributed by atoms with E-state index in [0.717, 1.165) is 22.3 Å². The number of para-hydroxylation sites is 1. The molecular weight excluding hydrogens is 386 g/mol. The Bertz CT molecular complexity index is 1160. The summed E-state index contributed by atoms with van der Waals surface area (Å²) in [7, 11) is 1.62. The summed E-state index contributed by atoms with van der Waals surface area (Å²) in [5.74, 6) is 1.26. The number of amides is 1. The van der Waals surface area contributed by atoms with Gasteiger partial charge < -0.3 is 13.9 Å². The number of carbonyl (C=O) groups is 1. The van der Waals surface area contributed by atoms with E-state index in [1.807, 2.05) is 48.5 Å². The smallest absolute Gasteiger partial charge is 0.285 e. The quantitative estimate of drug-likeness (QED) is 0.357. The highest BCUT2D eigenvalue weighted by molar-refractivity contribution is 5.82. The van der Waals surface area contributed by atoms with Crippen molar-refractivity contribution in [3.8, 4) is 11.7 Å². The number of nitrogens with zero attached hydrogens (tertiary/aromatic N) is 4. The molecule has 2 aromatic carbocycles. The molecule has 152 valence electrons. The van der Waals surface area contributed by atoms with Crippen molar-refractivity contribution < 1.29 is 18.7 Å². The van der Waals surface area contributed by atoms with Crippen molar-refractivity contribution in [2.75, 3.05) is 7.11 Å². The number of carbonyl (C=O) groups excluding carboxylic acids is 1. The lowest BCUT2D eigenvalue weighted by molar-refractivity contribution is -0.121. The van der Waals surface area contributed by atoms with E-state index in [2.05, 4.69) is 20.8 Å². The largest absolute Gasteiger partial charge is 0.497 e. The third kappa shape index (κ3) is 4.64. The maximum absolute atomic E-state index is 12.1. The molecule has 0 atom stereocenters. The molecule has 4 rings (SSSR count). The van der Waals surface area contributed by atoms with Gasteiger partial charge in [-0.2, -0.15) is 5.10 Å². The predicted molar refractivity (Wildman–Crippen MR) is 109 cm³/mol. The van der Waals surface area contributed by atoms with Gasteiger partial charge in [0.25, 0.3) is 11.9 Å². The van der Waals surface area contributed by atoms with Crippen LogP contribution >= 0.6 is 0 Å². The molecular formula is C21H19N5O4. The second-order valence-corrected chi connectivity index (χ2v) is 6.32. The van der Waals surface area contributed by atoms with Gasteiger partial charge in [0, 0.05) is 6.07 Å². The van der Waals surface area contributed by atoms with Gasteiger partial charge in [-0.3, -0.25) is 4.79 Å². The molecule has 0 saturated heterocycles. The molecule has 0 aliphatic rings. The summed E-state index contributed by atoms with van der Waals surface area (Å²) < 4.78 is 17.8. The van der Waals surface area contributed by atoms with Gasteiger partial charge in [0.2, 0.25) is 0 Å². The number of fused-ring (bicyclic) bond motifs is 1. The Morgan fingerprint density at radius 3 is 2.83 bits per heavy atom. The zero-order chi connectivity index (χ0) is 20.8. The summed E-state index contributed by atoms with van der Waals surface area (Å²) in [4.78, 5) is 12.1. The summed E-state index contributed by atoms with van der Waals surface area (Å²) in [5, 5.41) is 11.9. The Kier molecular flexibility index (Phi) is 5.70. The molecule has 0 unspecified atom stereocenters. The van der Waals surface area contributed by atoms with Crippen LogP contribution in [0.5, 0.6) is 11.7 Å². The number of nitrogens with one attached hydrogen (secondary N) is 1. The monoisotopic (exact) mass is 405 g/mol. The number of hydrogen-bond acceptors (Lipinski definition) is 7. The number of aromatic nitrogens is 3. The molecule has 0 saturated carbocycles. The van der Waals surface area contributed by atoms with Crippen molar-refractivity contribution in [1.82, 2.24) is 20.4 Å². The first-order chi connectivity index (χ1) is 14.7. The molecule has 9 heteroatoms. The van der Waals surface area contributed by atoms with Gasteiger partial charge in [-0.05, 0) is 35.9 Å². The molecule has 2 heterocycles. The standard InChI is InChI=1S/C21H19N5O4/c1-28-16-8-6-15(7-9-16)14-29-21-11-10-17(30-21)12-22-24-20(27)13-26-19-5-3-2-4-18(19)23-25-26/h2-12H,13-14H2,1H3,(H,24,27)/b22-12+. The third-order valence-corrected chi connectivity index (χ3v) is 4.24. The summed E-state index contributed by atoms with van der Waals surface area (Å²) in [6, 6.07) is 18.4. The molecule has 1 amide bonds. The normalized spacial score (nSPS) is 11.1. The van der Waals surface area contributed by atoms with Crippen LogP contribution < -0.4 is 14.9 Å². The van der Waals surface area contributed by atoms with Crippen molar-refractivity contribution in [2.45, 2.75) is 13.2 Å². The molecule has 1 N–H and O–H groups in total. The molecule has 9 nitrogen and oxygen atoms in total. The van der Waals surface area contributed by atoms with Crippen LogP contribution in [0.2, 0.25) is 0 Å². The Morgan fingerprint density at radius 1 is 1.17 bits per heavy atom. The first-order valence-electron chi connectivity index (χ1n) is 9.17. The minimum absolute atomic E-state index is 0.00618. The Labute approximate surface area is 171 Å². The summed E-state index contributed by atoms with van der Waals surface area (Å²) in [5.41, 5.74) is 4.93. The van der Waals surface area contributed by atoms with Crippen molar-refractivity contribution in [1.29, 1.82) is 0 Å². The van der Waals surface area contributed by atoms with E-state index < -0.39 is 0 Å². The van der Waals surface area contributed by atoms with E-state index in [4.69, 9.17) is 13.9 Å². The van der Waals surface area contributed by atoms with E-state index >= 15 is 0 Å². The average molecular weight is 405 g/mol. The number of rotatable bonds is 8. The van der Waals surface area contributed by atoms with Gasteiger partial charge in [0.05, 0.1) is 18.8 Å². The third-order valence-electron chi connectivity index (χ3n) is 4.24. The second-order valence-electron chi connectivity index (χ2n) is 6.32. The first kappa shape index (κ1) is 19.2. The van der Waals surface area contributed by atoms with Gasteiger partial charge >= 0.3 is 0 Å². The fraction of sp³-hybridized carbons (Fsp3) is 0.143. The van der Waals surface area contributed by atoms with Gasteiger partial charge in [-0.25, -0.2) is 10.1 Å². The highest BCUT2D eigenvalue weighted by atomic mass is 16.6. The first-order valence-corrected chi connectivity index (χ1v) is 9.17. The molecule has 30 heavy (non-hydrogen) atoms. The second kappa shape index (κ2) is 8.91. The topological polar surface area (TPSA) is 104 Å². The van der Waals surface area contributed by atoms with E-state index in [9.17, 15) is 4.79 Å². The molecule has 4 aromatic rings. The lowest BCUT2D eigenvalue weighted by atomic mass is 10.2. The van der Waals surface area contributed by atoms with Crippen LogP contribution in [0.1, 0.15) is 11.3 Å². The van der Waals surface area contributed by atoms with Crippen LogP contribution in [0.3, 0.4) is 0 Å². The van der Waals surface area contributed by atoms with Gasteiger partial charge in [0.1, 0.15) is 24.4 Å². The fourth-order valence-corrected chi connectivity index (χ4v) is 2.73. The fourth-order valence-electron chi connectivity index (χ4n) is 2.73. The van der Waals surface area contributed by atoms with Crippen LogP contribution in [0, 0.1) is 0 Å². The maximum Gasteiger partial charge on any atom is 0.285 e. The van der Waals surface area contributed by atoms with E-state index in [1.165, 1.54) is 10.9 Å². The van der Waals surface area contributed by atoms with Gasteiger partial charge in [-0.15, -0.1) is 5.10 Å². The van der Waals surface area contributed by atoms with Crippen LogP contribution in [0.25, 0.3) is 11.0 Å². The Balaban J connectivity index is 1.27. The van der Waals surface area contributed by atoms with Crippen molar-refractivity contribution in [2.24, 2.45) is 5.10 Å². The van der Waals surface area contributed by atoms with Crippen molar-refractivity contribution in [3.05, 3.63) is 72.0 Å².